The van der Waals surface area contributed by atoms with Crippen molar-refractivity contribution < 1.29 is 0 Å². The highest BCUT2D eigenvalue weighted by Gasteiger charge is 2.29. The summed E-state index contributed by atoms with van der Waals surface area (Å²) in [6.45, 7) is 8.05. The molecule has 1 aromatic rings. The van der Waals surface area contributed by atoms with Gasteiger partial charge in [0.05, 0.1) is 0 Å². The average Bonchev–Trinajstić information content (AvgIpc) is 2.69. The molecule has 1 heterocycles. The molecule has 1 aliphatic heterocycles. The van der Waals surface area contributed by atoms with E-state index in [0.29, 0.717) is 6.04 Å². The van der Waals surface area contributed by atoms with Crippen LogP contribution in [0.4, 0.5) is 0 Å². The third-order valence-corrected chi connectivity index (χ3v) is 4.85. The van der Waals surface area contributed by atoms with Crippen LogP contribution in [0.2, 0.25) is 0 Å². The van der Waals surface area contributed by atoms with Crippen LogP contribution in [0.3, 0.4) is 0 Å². The van der Waals surface area contributed by atoms with Crippen molar-refractivity contribution in [3.05, 3.63) is 35.4 Å². The second-order valence-corrected chi connectivity index (χ2v) is 6.44. The molecule has 2 rings (SSSR count). The first kappa shape index (κ1) is 16.5. The van der Waals surface area contributed by atoms with Gasteiger partial charge in [0.1, 0.15) is 0 Å². The molecule has 1 N–H and O–H groups in total. The van der Waals surface area contributed by atoms with Crippen LogP contribution in [0, 0.1) is 5.92 Å². The summed E-state index contributed by atoms with van der Waals surface area (Å²) in [4.78, 5) is 2.60. The van der Waals surface area contributed by atoms with E-state index in [1.54, 1.807) is 5.56 Å². The molecule has 0 spiro atoms. The van der Waals surface area contributed by atoms with Gasteiger partial charge in [0.25, 0.3) is 0 Å². The van der Waals surface area contributed by atoms with E-state index in [4.69, 9.17) is 0 Å². The highest BCUT2D eigenvalue weighted by Crippen LogP contribution is 2.35. The van der Waals surface area contributed by atoms with E-state index in [1.807, 2.05) is 0 Å². The lowest BCUT2D eigenvalue weighted by atomic mass is 9.86. The molecule has 0 radical (unpaired) electrons. The lowest BCUT2D eigenvalue weighted by molar-refractivity contribution is 0.188. The molecule has 1 fully saturated rings. The largest absolute Gasteiger partial charge is 0.316 e. The van der Waals surface area contributed by atoms with Gasteiger partial charge in [-0.25, -0.2) is 0 Å². The molecule has 0 saturated carbocycles. The van der Waals surface area contributed by atoms with Crippen LogP contribution in [-0.2, 0) is 6.42 Å². The molecule has 0 amide bonds. The Morgan fingerprint density at radius 2 is 2.00 bits per heavy atom. The number of rotatable bonds is 6. The van der Waals surface area contributed by atoms with Gasteiger partial charge in [0.2, 0.25) is 0 Å². The monoisotopic (exact) mass is 288 g/mol. The molecular formula is C19H32N2. The maximum absolute atomic E-state index is 3.66. The van der Waals surface area contributed by atoms with Crippen LogP contribution in [-0.4, -0.2) is 31.6 Å². The van der Waals surface area contributed by atoms with Gasteiger partial charge in [-0.2, -0.15) is 0 Å². The molecule has 1 aromatic carbocycles. The van der Waals surface area contributed by atoms with E-state index in [0.717, 1.165) is 25.4 Å². The topological polar surface area (TPSA) is 15.3 Å². The third-order valence-electron chi connectivity index (χ3n) is 4.85. The smallest absolute Gasteiger partial charge is 0.0388 e. The van der Waals surface area contributed by atoms with Crippen LogP contribution < -0.4 is 5.32 Å². The Morgan fingerprint density at radius 3 is 2.76 bits per heavy atom. The van der Waals surface area contributed by atoms with E-state index >= 15 is 0 Å². The molecule has 0 aromatic heterocycles. The van der Waals surface area contributed by atoms with Crippen molar-refractivity contribution in [3.63, 3.8) is 0 Å². The summed E-state index contributed by atoms with van der Waals surface area (Å²) < 4.78 is 0. The van der Waals surface area contributed by atoms with E-state index < -0.39 is 0 Å². The Kier molecular flexibility index (Phi) is 6.72. The summed E-state index contributed by atoms with van der Waals surface area (Å²) in [6.07, 6.45) is 6.41. The van der Waals surface area contributed by atoms with Crippen molar-refractivity contribution in [2.75, 3.05) is 26.7 Å². The van der Waals surface area contributed by atoms with Gasteiger partial charge >= 0.3 is 0 Å². The zero-order valence-corrected chi connectivity index (χ0v) is 14.1. The van der Waals surface area contributed by atoms with Crippen molar-refractivity contribution in [2.45, 2.75) is 52.0 Å². The number of benzene rings is 1. The molecular weight excluding hydrogens is 256 g/mol. The fourth-order valence-corrected chi connectivity index (χ4v) is 3.74. The third kappa shape index (κ3) is 4.31. The summed E-state index contributed by atoms with van der Waals surface area (Å²) in [7, 11) is 2.31. The molecule has 2 nitrogen and oxygen atoms in total. The van der Waals surface area contributed by atoms with E-state index in [9.17, 15) is 0 Å². The van der Waals surface area contributed by atoms with Crippen molar-refractivity contribution in [1.29, 1.82) is 0 Å². The van der Waals surface area contributed by atoms with Crippen LogP contribution in [0.15, 0.2) is 24.3 Å². The van der Waals surface area contributed by atoms with Gasteiger partial charge in [-0.1, -0.05) is 44.5 Å². The maximum atomic E-state index is 3.66. The molecule has 2 heteroatoms. The first-order chi connectivity index (χ1) is 10.3. The lowest BCUT2D eigenvalue weighted by Gasteiger charge is -2.34. The standard InChI is InChI=1S/C19H32N2/c1-4-13-20-15-17-11-8-9-14-21(3)19(17)18-12-7-6-10-16(18)5-2/h6-7,10,12,17,19-20H,4-5,8-9,11,13-15H2,1-3H3. The molecule has 1 saturated heterocycles. The zero-order chi connectivity index (χ0) is 15.1. The number of nitrogens with zero attached hydrogens (tertiary/aromatic N) is 1. The molecule has 1 aliphatic rings. The van der Waals surface area contributed by atoms with Crippen molar-refractivity contribution in [1.82, 2.24) is 10.2 Å². The molecule has 118 valence electrons. The second-order valence-electron chi connectivity index (χ2n) is 6.44. The minimum Gasteiger partial charge on any atom is -0.316 e. The quantitative estimate of drug-likeness (QED) is 0.795. The second kappa shape index (κ2) is 8.55. The van der Waals surface area contributed by atoms with Gasteiger partial charge in [-0.05, 0) is 69.4 Å². The highest BCUT2D eigenvalue weighted by molar-refractivity contribution is 5.31. The Morgan fingerprint density at radius 1 is 1.19 bits per heavy atom. The molecule has 21 heavy (non-hydrogen) atoms. The minimum atomic E-state index is 0.577. The van der Waals surface area contributed by atoms with E-state index in [1.165, 1.54) is 37.8 Å². The Labute approximate surface area is 130 Å². The highest BCUT2D eigenvalue weighted by atomic mass is 15.1. The first-order valence-electron chi connectivity index (χ1n) is 8.76. The van der Waals surface area contributed by atoms with Crippen LogP contribution in [0.25, 0.3) is 0 Å². The molecule has 0 aliphatic carbocycles. The van der Waals surface area contributed by atoms with Gasteiger partial charge < -0.3 is 5.32 Å². The summed E-state index contributed by atoms with van der Waals surface area (Å²) in [5.41, 5.74) is 3.09. The van der Waals surface area contributed by atoms with E-state index in [2.05, 4.69) is 55.4 Å². The van der Waals surface area contributed by atoms with Crippen LogP contribution >= 0.6 is 0 Å². The molecule has 2 unspecified atom stereocenters. The predicted octanol–water partition coefficient (Wildman–Crippen LogP) is 4.02. The zero-order valence-electron chi connectivity index (χ0n) is 14.1. The maximum Gasteiger partial charge on any atom is 0.0388 e. The summed E-state index contributed by atoms with van der Waals surface area (Å²) in [5.74, 6) is 0.733. The van der Waals surface area contributed by atoms with Gasteiger partial charge in [-0.15, -0.1) is 0 Å². The van der Waals surface area contributed by atoms with Crippen LogP contribution in [0.5, 0.6) is 0 Å². The van der Waals surface area contributed by atoms with Gasteiger partial charge in [-0.3, -0.25) is 4.90 Å². The minimum absolute atomic E-state index is 0.577. The Balaban J connectivity index is 2.23. The van der Waals surface area contributed by atoms with Gasteiger partial charge in [0.15, 0.2) is 0 Å². The van der Waals surface area contributed by atoms with E-state index in [-0.39, 0.29) is 0 Å². The number of aryl methyl sites for hydroxylation is 1. The number of nitrogens with one attached hydrogen (secondary N) is 1. The first-order valence-corrected chi connectivity index (χ1v) is 8.76. The average molecular weight is 288 g/mol. The predicted molar refractivity (Wildman–Crippen MR) is 91.7 cm³/mol. The van der Waals surface area contributed by atoms with Crippen molar-refractivity contribution >= 4 is 0 Å². The van der Waals surface area contributed by atoms with Crippen molar-refractivity contribution in [3.8, 4) is 0 Å². The summed E-state index contributed by atoms with van der Waals surface area (Å²) >= 11 is 0. The number of likely N-dealkylation sites (tertiary alicyclic amines) is 1. The van der Waals surface area contributed by atoms with Crippen LogP contribution in [0.1, 0.15) is 56.7 Å². The lowest BCUT2D eigenvalue weighted by Crippen LogP contribution is -2.35. The molecule has 0 bridgehead atoms. The SMILES string of the molecule is CCCNCC1CCCCN(C)C1c1ccccc1CC. The Bertz CT molecular complexity index is 416. The summed E-state index contributed by atoms with van der Waals surface area (Å²) in [6, 6.07) is 9.64. The Hall–Kier alpha value is -0.860. The number of hydrogen-bond donors (Lipinski definition) is 1. The molecule has 2 atom stereocenters. The van der Waals surface area contributed by atoms with Gasteiger partial charge in [0, 0.05) is 6.04 Å². The summed E-state index contributed by atoms with van der Waals surface area (Å²) in [5, 5.41) is 3.66. The van der Waals surface area contributed by atoms with Crippen molar-refractivity contribution in [2.24, 2.45) is 5.92 Å². The fraction of sp³-hybridized carbons (Fsp3) is 0.684. The normalized spacial score (nSPS) is 24.0. The fourth-order valence-electron chi connectivity index (χ4n) is 3.74. The number of hydrogen-bond acceptors (Lipinski definition) is 2.